The lowest BCUT2D eigenvalue weighted by molar-refractivity contribution is -0.136. The summed E-state index contributed by atoms with van der Waals surface area (Å²) in [6, 6.07) is 4.94. The molecule has 0 aromatic heterocycles. The number of nitrogens with two attached hydrogens (primary N) is 1. The highest BCUT2D eigenvalue weighted by atomic mass is 19.4. The molecule has 1 aromatic carbocycles. The van der Waals surface area contributed by atoms with Crippen molar-refractivity contribution in [2.24, 2.45) is 10.9 Å². The number of amidine groups is 1. The van der Waals surface area contributed by atoms with E-state index in [9.17, 15) is 13.2 Å². The van der Waals surface area contributed by atoms with Crippen molar-refractivity contribution in [3.63, 3.8) is 0 Å². The van der Waals surface area contributed by atoms with Crippen molar-refractivity contribution < 1.29 is 23.1 Å². The fraction of sp³-hybridized carbons (Fsp3) is 0.417. The molecule has 19 heavy (non-hydrogen) atoms. The number of oxime groups is 1. The van der Waals surface area contributed by atoms with Crippen molar-refractivity contribution in [2.45, 2.75) is 25.9 Å². The third-order valence-corrected chi connectivity index (χ3v) is 2.38. The zero-order valence-electron chi connectivity index (χ0n) is 10.4. The quantitative estimate of drug-likeness (QED) is 0.286. The van der Waals surface area contributed by atoms with Crippen LogP contribution in [0.5, 0.6) is 5.75 Å². The van der Waals surface area contributed by atoms with Crippen molar-refractivity contribution >= 4 is 5.84 Å². The second kappa shape index (κ2) is 6.31. The molecule has 106 valence electrons. The lowest BCUT2D eigenvalue weighted by Gasteiger charge is -2.12. The summed E-state index contributed by atoms with van der Waals surface area (Å²) < 4.78 is 41.2. The number of alkyl halides is 3. The van der Waals surface area contributed by atoms with Crippen LogP contribution in [0.4, 0.5) is 13.2 Å². The Bertz CT molecular complexity index is 459. The zero-order chi connectivity index (χ0) is 14.5. The Hall–Kier alpha value is -1.92. The minimum absolute atomic E-state index is 0.0886. The van der Waals surface area contributed by atoms with Crippen LogP contribution in [-0.2, 0) is 0 Å². The minimum atomic E-state index is -4.19. The van der Waals surface area contributed by atoms with Gasteiger partial charge in [-0.3, -0.25) is 0 Å². The molecule has 4 nitrogen and oxygen atoms in total. The summed E-state index contributed by atoms with van der Waals surface area (Å²) in [5, 5.41) is 11.5. The van der Waals surface area contributed by atoms with E-state index in [1.807, 2.05) is 0 Å². The maximum atomic E-state index is 12.0. The second-order valence-electron chi connectivity index (χ2n) is 4.05. The standard InChI is InChI=1S/C12H15F3N2O2/c1-8-3-4-9(11(16)17-18)10(7-8)19-6-2-5-12(13,14)15/h3-4,7,18H,2,5-6H2,1H3,(H2,16,17). The summed E-state index contributed by atoms with van der Waals surface area (Å²) in [7, 11) is 0. The van der Waals surface area contributed by atoms with E-state index in [1.54, 1.807) is 25.1 Å². The Morgan fingerprint density at radius 2 is 2.11 bits per heavy atom. The van der Waals surface area contributed by atoms with E-state index in [4.69, 9.17) is 15.7 Å². The molecule has 3 N–H and O–H groups in total. The average Bonchev–Trinajstić information content (AvgIpc) is 2.33. The Balaban J connectivity index is 2.69. The van der Waals surface area contributed by atoms with Crippen molar-refractivity contribution in [3.05, 3.63) is 29.3 Å². The number of halogens is 3. The van der Waals surface area contributed by atoms with Crippen LogP contribution in [0.25, 0.3) is 0 Å². The number of nitrogens with zero attached hydrogens (tertiary/aromatic N) is 1. The van der Waals surface area contributed by atoms with Gasteiger partial charge in [0.2, 0.25) is 0 Å². The molecule has 0 aliphatic carbocycles. The van der Waals surface area contributed by atoms with Gasteiger partial charge in [-0.2, -0.15) is 13.2 Å². The van der Waals surface area contributed by atoms with E-state index < -0.39 is 12.6 Å². The van der Waals surface area contributed by atoms with Gasteiger partial charge in [0, 0.05) is 6.42 Å². The molecule has 0 heterocycles. The van der Waals surface area contributed by atoms with Gasteiger partial charge >= 0.3 is 6.18 Å². The first-order valence-corrected chi connectivity index (χ1v) is 5.61. The first-order valence-electron chi connectivity index (χ1n) is 5.61. The van der Waals surface area contributed by atoms with Crippen molar-refractivity contribution in [2.75, 3.05) is 6.61 Å². The van der Waals surface area contributed by atoms with Gasteiger partial charge in [-0.1, -0.05) is 11.2 Å². The maximum absolute atomic E-state index is 12.0. The van der Waals surface area contributed by atoms with E-state index in [0.29, 0.717) is 11.3 Å². The molecule has 0 atom stereocenters. The zero-order valence-corrected chi connectivity index (χ0v) is 10.4. The van der Waals surface area contributed by atoms with Gasteiger partial charge in [-0.25, -0.2) is 0 Å². The van der Waals surface area contributed by atoms with Gasteiger partial charge in [0.05, 0.1) is 12.2 Å². The fourth-order valence-corrected chi connectivity index (χ4v) is 1.47. The summed E-state index contributed by atoms with van der Waals surface area (Å²) >= 11 is 0. The van der Waals surface area contributed by atoms with Crippen LogP contribution >= 0.6 is 0 Å². The molecule has 0 saturated heterocycles. The van der Waals surface area contributed by atoms with Crippen LogP contribution in [0.1, 0.15) is 24.0 Å². The lowest BCUT2D eigenvalue weighted by Crippen LogP contribution is -2.16. The molecule has 0 spiro atoms. The fourth-order valence-electron chi connectivity index (χ4n) is 1.47. The third kappa shape index (κ3) is 5.07. The summed E-state index contributed by atoms with van der Waals surface area (Å²) in [5.41, 5.74) is 6.67. The van der Waals surface area contributed by atoms with E-state index >= 15 is 0 Å². The van der Waals surface area contributed by atoms with E-state index in [0.717, 1.165) is 5.56 Å². The average molecular weight is 276 g/mol. The molecule has 7 heteroatoms. The Labute approximate surface area is 108 Å². The molecule has 0 radical (unpaired) electrons. The molecule has 0 bridgehead atoms. The van der Waals surface area contributed by atoms with E-state index in [-0.39, 0.29) is 18.9 Å². The molecule has 0 fully saturated rings. The highest BCUT2D eigenvalue weighted by molar-refractivity contribution is 5.99. The first kappa shape index (κ1) is 15.1. The van der Waals surface area contributed by atoms with Gasteiger partial charge in [-0.05, 0) is 31.0 Å². The Kier molecular flexibility index (Phi) is 5.02. The minimum Gasteiger partial charge on any atom is -0.493 e. The Morgan fingerprint density at radius 1 is 1.42 bits per heavy atom. The number of ether oxygens (including phenoxy) is 1. The smallest absolute Gasteiger partial charge is 0.389 e. The molecule has 1 aromatic rings. The van der Waals surface area contributed by atoms with Crippen molar-refractivity contribution in [1.82, 2.24) is 0 Å². The van der Waals surface area contributed by atoms with E-state index in [2.05, 4.69) is 5.16 Å². The topological polar surface area (TPSA) is 67.8 Å². The van der Waals surface area contributed by atoms with Crippen LogP contribution in [0.3, 0.4) is 0 Å². The predicted molar refractivity (Wildman–Crippen MR) is 64.5 cm³/mol. The third-order valence-electron chi connectivity index (χ3n) is 2.38. The number of hydrogen-bond acceptors (Lipinski definition) is 3. The second-order valence-corrected chi connectivity index (χ2v) is 4.05. The van der Waals surface area contributed by atoms with Crippen LogP contribution in [0, 0.1) is 6.92 Å². The van der Waals surface area contributed by atoms with Gasteiger partial charge < -0.3 is 15.7 Å². The highest BCUT2D eigenvalue weighted by Gasteiger charge is 2.26. The summed E-state index contributed by atoms with van der Waals surface area (Å²) in [6.07, 6.45) is -5.24. The Morgan fingerprint density at radius 3 is 2.68 bits per heavy atom. The molecule has 0 amide bonds. The summed E-state index contributed by atoms with van der Waals surface area (Å²) in [6.45, 7) is 1.72. The predicted octanol–water partition coefficient (Wildman–Crippen LogP) is 2.81. The summed E-state index contributed by atoms with van der Waals surface area (Å²) in [5.74, 6) is 0.156. The van der Waals surface area contributed by atoms with Gasteiger partial charge in [0.15, 0.2) is 5.84 Å². The summed E-state index contributed by atoms with van der Waals surface area (Å²) in [4.78, 5) is 0. The number of rotatable bonds is 5. The van der Waals surface area contributed by atoms with Crippen LogP contribution in [0.2, 0.25) is 0 Å². The van der Waals surface area contributed by atoms with E-state index in [1.165, 1.54) is 0 Å². The molecule has 0 aliphatic rings. The van der Waals surface area contributed by atoms with Crippen LogP contribution in [-0.4, -0.2) is 23.8 Å². The highest BCUT2D eigenvalue weighted by Crippen LogP contribution is 2.23. The first-order chi connectivity index (χ1) is 8.83. The van der Waals surface area contributed by atoms with Gasteiger partial charge in [-0.15, -0.1) is 0 Å². The molecule has 0 unspecified atom stereocenters. The normalized spacial score (nSPS) is 12.5. The molecule has 1 rings (SSSR count). The number of benzene rings is 1. The van der Waals surface area contributed by atoms with Crippen molar-refractivity contribution in [1.29, 1.82) is 0 Å². The SMILES string of the molecule is Cc1ccc(/C(N)=N/O)c(OCCCC(F)(F)F)c1. The maximum Gasteiger partial charge on any atom is 0.389 e. The molecule has 0 aliphatic heterocycles. The molecular formula is C12H15F3N2O2. The van der Waals surface area contributed by atoms with Crippen LogP contribution in [0.15, 0.2) is 23.4 Å². The molecule has 0 saturated carbocycles. The van der Waals surface area contributed by atoms with Gasteiger partial charge in [0.25, 0.3) is 0 Å². The van der Waals surface area contributed by atoms with Crippen LogP contribution < -0.4 is 10.5 Å². The number of aryl methyl sites for hydroxylation is 1. The largest absolute Gasteiger partial charge is 0.493 e. The lowest BCUT2D eigenvalue weighted by atomic mass is 10.1. The van der Waals surface area contributed by atoms with Gasteiger partial charge in [0.1, 0.15) is 5.75 Å². The molecular weight excluding hydrogens is 261 g/mol. The van der Waals surface area contributed by atoms with Crippen molar-refractivity contribution in [3.8, 4) is 5.75 Å². The number of hydrogen-bond donors (Lipinski definition) is 2. The monoisotopic (exact) mass is 276 g/mol.